The first-order valence-electron chi connectivity index (χ1n) is 8.43. The van der Waals surface area contributed by atoms with E-state index in [0.29, 0.717) is 29.1 Å². The van der Waals surface area contributed by atoms with E-state index in [1.54, 1.807) is 24.3 Å². The van der Waals surface area contributed by atoms with E-state index in [-0.39, 0.29) is 30.7 Å². The van der Waals surface area contributed by atoms with E-state index in [2.05, 4.69) is 5.32 Å². The topological polar surface area (TPSA) is 66.5 Å². The van der Waals surface area contributed by atoms with E-state index in [9.17, 15) is 14.4 Å². The van der Waals surface area contributed by atoms with Gasteiger partial charge in [0.05, 0.1) is 11.1 Å². The van der Waals surface area contributed by atoms with Gasteiger partial charge in [-0.25, -0.2) is 0 Å². The molecule has 0 fully saturated rings. The van der Waals surface area contributed by atoms with Crippen molar-refractivity contribution < 1.29 is 14.4 Å². The predicted octanol–water partition coefficient (Wildman–Crippen LogP) is 3.34. The summed E-state index contributed by atoms with van der Waals surface area (Å²) in [6.07, 6.45) is 0.666. The Balaban J connectivity index is 1.48. The molecule has 2 aromatic carbocycles. The number of benzene rings is 2. The average Bonchev–Trinajstić information content (AvgIpc) is 2.84. The number of imide groups is 1. The van der Waals surface area contributed by atoms with Crippen LogP contribution in [0.25, 0.3) is 0 Å². The molecule has 6 heteroatoms. The van der Waals surface area contributed by atoms with E-state index >= 15 is 0 Å². The predicted molar refractivity (Wildman–Crippen MR) is 99.1 cm³/mol. The molecule has 0 bridgehead atoms. The molecule has 0 saturated heterocycles. The summed E-state index contributed by atoms with van der Waals surface area (Å²) in [6.45, 7) is 2.51. The summed E-state index contributed by atoms with van der Waals surface area (Å²) in [7, 11) is 0. The molecule has 0 aromatic heterocycles. The van der Waals surface area contributed by atoms with E-state index < -0.39 is 0 Å². The lowest BCUT2D eigenvalue weighted by Crippen LogP contribution is -2.32. The fraction of sp³-hybridized carbons (Fsp3) is 0.250. The first kappa shape index (κ1) is 18.1. The average molecular weight is 371 g/mol. The van der Waals surface area contributed by atoms with Crippen LogP contribution >= 0.6 is 11.6 Å². The van der Waals surface area contributed by atoms with Gasteiger partial charge in [0, 0.05) is 24.5 Å². The van der Waals surface area contributed by atoms with Crippen LogP contribution in [0.1, 0.15) is 44.7 Å². The highest BCUT2D eigenvalue weighted by atomic mass is 35.5. The lowest BCUT2D eigenvalue weighted by Gasteiger charge is -2.13. The molecule has 0 atom stereocenters. The molecule has 1 heterocycles. The van der Waals surface area contributed by atoms with E-state index in [1.807, 2.05) is 25.1 Å². The standard InChI is InChI=1S/C20H19ClN2O3/c1-13-7-8-16-17(10-13)20(26)23(19(16)25)9-3-6-18(24)22-12-14-4-2-5-15(21)11-14/h2,4-5,7-8,10-11H,3,6,9,12H2,1H3,(H,22,24). The molecule has 3 amide bonds. The molecule has 0 unspecified atom stereocenters. The highest BCUT2D eigenvalue weighted by Crippen LogP contribution is 2.24. The van der Waals surface area contributed by atoms with Crippen LogP contribution < -0.4 is 5.32 Å². The third kappa shape index (κ3) is 3.94. The van der Waals surface area contributed by atoms with Crippen molar-refractivity contribution in [2.24, 2.45) is 0 Å². The van der Waals surface area contributed by atoms with Crippen molar-refractivity contribution in [3.63, 3.8) is 0 Å². The molecule has 0 aliphatic carbocycles. The van der Waals surface area contributed by atoms with Crippen LogP contribution in [0.3, 0.4) is 0 Å². The summed E-state index contributed by atoms with van der Waals surface area (Å²) in [5.74, 6) is -0.699. The van der Waals surface area contributed by atoms with Gasteiger partial charge in [0.2, 0.25) is 5.91 Å². The number of nitrogens with one attached hydrogen (secondary N) is 1. The lowest BCUT2D eigenvalue weighted by atomic mass is 10.1. The molecule has 0 spiro atoms. The molecule has 3 rings (SSSR count). The van der Waals surface area contributed by atoms with Gasteiger partial charge < -0.3 is 5.32 Å². The Labute approximate surface area is 156 Å². The molecule has 2 aromatic rings. The molecule has 1 aliphatic rings. The van der Waals surface area contributed by atoms with Gasteiger partial charge in [-0.05, 0) is 43.2 Å². The highest BCUT2D eigenvalue weighted by molar-refractivity contribution is 6.30. The molecule has 26 heavy (non-hydrogen) atoms. The van der Waals surface area contributed by atoms with Crippen LogP contribution in [0, 0.1) is 6.92 Å². The van der Waals surface area contributed by atoms with E-state index in [4.69, 9.17) is 11.6 Å². The van der Waals surface area contributed by atoms with Crippen LogP contribution in [-0.4, -0.2) is 29.2 Å². The van der Waals surface area contributed by atoms with Crippen molar-refractivity contribution in [2.45, 2.75) is 26.3 Å². The summed E-state index contributed by atoms with van der Waals surface area (Å²) < 4.78 is 0. The zero-order valence-electron chi connectivity index (χ0n) is 14.4. The Kier molecular flexibility index (Phi) is 5.38. The van der Waals surface area contributed by atoms with Crippen LogP contribution in [0.5, 0.6) is 0 Å². The number of rotatable bonds is 6. The smallest absolute Gasteiger partial charge is 0.261 e. The van der Waals surface area contributed by atoms with Crippen molar-refractivity contribution >= 4 is 29.3 Å². The minimum atomic E-state index is -0.288. The van der Waals surface area contributed by atoms with Gasteiger partial charge in [-0.15, -0.1) is 0 Å². The number of halogens is 1. The van der Waals surface area contributed by atoms with Gasteiger partial charge in [0.1, 0.15) is 0 Å². The number of amides is 3. The number of nitrogens with zero attached hydrogens (tertiary/aromatic N) is 1. The second kappa shape index (κ2) is 7.70. The fourth-order valence-corrected chi connectivity index (χ4v) is 3.15. The van der Waals surface area contributed by atoms with Crippen molar-refractivity contribution in [1.82, 2.24) is 10.2 Å². The van der Waals surface area contributed by atoms with Crippen molar-refractivity contribution in [1.29, 1.82) is 0 Å². The fourth-order valence-electron chi connectivity index (χ4n) is 2.94. The molecule has 5 nitrogen and oxygen atoms in total. The Morgan fingerprint density at radius 2 is 1.85 bits per heavy atom. The number of fused-ring (bicyclic) bond motifs is 1. The van der Waals surface area contributed by atoms with Crippen molar-refractivity contribution in [3.05, 3.63) is 69.7 Å². The number of hydrogen-bond acceptors (Lipinski definition) is 3. The third-order valence-electron chi connectivity index (χ3n) is 4.29. The number of carbonyl (C=O) groups excluding carboxylic acids is 3. The maximum Gasteiger partial charge on any atom is 0.261 e. The maximum atomic E-state index is 12.4. The highest BCUT2D eigenvalue weighted by Gasteiger charge is 2.34. The Bertz CT molecular complexity index is 879. The number of carbonyl (C=O) groups is 3. The van der Waals surface area contributed by atoms with Crippen LogP contribution in [0.2, 0.25) is 5.02 Å². The minimum absolute atomic E-state index is 0.127. The Morgan fingerprint density at radius 1 is 1.08 bits per heavy atom. The zero-order chi connectivity index (χ0) is 18.7. The second-order valence-corrected chi connectivity index (χ2v) is 6.76. The van der Waals surface area contributed by atoms with Gasteiger partial charge in [-0.3, -0.25) is 19.3 Å². The summed E-state index contributed by atoms with van der Waals surface area (Å²) in [6, 6.07) is 12.5. The zero-order valence-corrected chi connectivity index (χ0v) is 15.2. The molecule has 134 valence electrons. The first-order chi connectivity index (χ1) is 12.5. The summed E-state index contributed by atoms with van der Waals surface area (Å²) in [5, 5.41) is 3.44. The SMILES string of the molecule is Cc1ccc2c(c1)C(=O)N(CCCC(=O)NCc1cccc(Cl)c1)C2=O. The molecule has 0 radical (unpaired) electrons. The second-order valence-electron chi connectivity index (χ2n) is 6.32. The molecule has 1 aliphatic heterocycles. The van der Waals surface area contributed by atoms with Crippen molar-refractivity contribution in [3.8, 4) is 0 Å². The largest absolute Gasteiger partial charge is 0.352 e. The molecule has 0 saturated carbocycles. The van der Waals surface area contributed by atoms with Crippen molar-refractivity contribution in [2.75, 3.05) is 6.54 Å². The maximum absolute atomic E-state index is 12.4. The summed E-state index contributed by atoms with van der Waals surface area (Å²) in [5.41, 5.74) is 2.74. The quantitative estimate of drug-likeness (QED) is 0.793. The molecule has 1 N–H and O–H groups in total. The van der Waals surface area contributed by atoms with Gasteiger partial charge in [-0.2, -0.15) is 0 Å². The normalized spacial score (nSPS) is 13.1. The van der Waals surface area contributed by atoms with Gasteiger partial charge >= 0.3 is 0 Å². The van der Waals surface area contributed by atoms with Crippen LogP contribution in [-0.2, 0) is 11.3 Å². The van der Waals surface area contributed by atoms with Gasteiger partial charge in [0.15, 0.2) is 0 Å². The van der Waals surface area contributed by atoms with Crippen LogP contribution in [0.4, 0.5) is 0 Å². The number of aryl methyl sites for hydroxylation is 1. The van der Waals surface area contributed by atoms with E-state index in [1.165, 1.54) is 4.90 Å². The first-order valence-corrected chi connectivity index (χ1v) is 8.81. The molecular formula is C20H19ClN2O3. The minimum Gasteiger partial charge on any atom is -0.352 e. The van der Waals surface area contributed by atoms with Crippen LogP contribution in [0.15, 0.2) is 42.5 Å². The summed E-state index contributed by atoms with van der Waals surface area (Å²) in [4.78, 5) is 37.9. The van der Waals surface area contributed by atoms with E-state index in [0.717, 1.165) is 11.1 Å². The monoisotopic (exact) mass is 370 g/mol. The molecular weight excluding hydrogens is 352 g/mol. The summed E-state index contributed by atoms with van der Waals surface area (Å²) >= 11 is 5.91. The lowest BCUT2D eigenvalue weighted by molar-refractivity contribution is -0.121. The van der Waals surface area contributed by atoms with Gasteiger partial charge in [0.25, 0.3) is 11.8 Å². The Hall–Kier alpha value is -2.66. The Morgan fingerprint density at radius 3 is 2.62 bits per heavy atom. The third-order valence-corrected chi connectivity index (χ3v) is 4.53. The van der Waals surface area contributed by atoms with Gasteiger partial charge in [-0.1, -0.05) is 35.4 Å². The number of hydrogen-bond donors (Lipinski definition) is 1.